The molecule has 5 nitrogen and oxygen atoms in total. The summed E-state index contributed by atoms with van der Waals surface area (Å²) in [5.41, 5.74) is 5.72. The number of rotatable bonds is 5. The molecule has 0 unspecified atom stereocenters. The molecule has 1 aromatic carbocycles. The van der Waals surface area contributed by atoms with Gasteiger partial charge in [-0.2, -0.15) is 0 Å². The van der Waals surface area contributed by atoms with Crippen LogP contribution in [0.15, 0.2) is 18.2 Å². The number of phenols is 1. The molecule has 1 heterocycles. The third-order valence-electron chi connectivity index (χ3n) is 3.59. The van der Waals surface area contributed by atoms with Crippen molar-refractivity contribution in [1.82, 2.24) is 10.2 Å². The fourth-order valence-corrected chi connectivity index (χ4v) is 2.47. The number of carbonyl (C=O) groups is 1. The second-order valence-electron chi connectivity index (χ2n) is 5.17. The van der Waals surface area contributed by atoms with Crippen LogP contribution in [0.5, 0.6) is 5.75 Å². The first-order valence-corrected chi connectivity index (χ1v) is 6.76. The van der Waals surface area contributed by atoms with E-state index in [2.05, 4.69) is 5.32 Å². The fourth-order valence-electron chi connectivity index (χ4n) is 2.47. The van der Waals surface area contributed by atoms with E-state index in [1.54, 1.807) is 0 Å². The summed E-state index contributed by atoms with van der Waals surface area (Å²) >= 11 is 0. The molecule has 6 heteroatoms. The zero-order valence-electron chi connectivity index (χ0n) is 11.3. The summed E-state index contributed by atoms with van der Waals surface area (Å²) in [5, 5.41) is 12.9. The van der Waals surface area contributed by atoms with Crippen molar-refractivity contribution in [3.63, 3.8) is 0 Å². The Morgan fingerprint density at radius 3 is 2.80 bits per heavy atom. The van der Waals surface area contributed by atoms with E-state index < -0.39 is 0 Å². The van der Waals surface area contributed by atoms with Crippen LogP contribution in [-0.4, -0.2) is 41.6 Å². The van der Waals surface area contributed by atoms with Crippen LogP contribution in [0.1, 0.15) is 18.4 Å². The first-order chi connectivity index (χ1) is 9.54. The number of amides is 1. The number of nitrogens with two attached hydrogens (primary N) is 1. The average Bonchev–Trinajstić information content (AvgIpc) is 2.41. The minimum Gasteiger partial charge on any atom is -0.508 e. The van der Waals surface area contributed by atoms with Gasteiger partial charge in [0, 0.05) is 31.2 Å². The minimum absolute atomic E-state index is 0.102. The normalized spacial score (nSPS) is 17.2. The molecular weight excluding hydrogens is 261 g/mol. The van der Waals surface area contributed by atoms with Gasteiger partial charge in [0.25, 0.3) is 0 Å². The number of carbonyl (C=O) groups excluding carboxylic acids is 1. The third kappa shape index (κ3) is 4.18. The molecule has 1 fully saturated rings. The van der Waals surface area contributed by atoms with Crippen molar-refractivity contribution in [2.75, 3.05) is 19.6 Å². The summed E-state index contributed by atoms with van der Waals surface area (Å²) in [4.78, 5) is 12.9. The van der Waals surface area contributed by atoms with Gasteiger partial charge in [-0.1, -0.05) is 0 Å². The molecule has 2 rings (SSSR count). The van der Waals surface area contributed by atoms with Crippen molar-refractivity contribution in [3.8, 4) is 5.75 Å². The van der Waals surface area contributed by atoms with E-state index in [-0.39, 0.29) is 17.5 Å². The Hall–Kier alpha value is -1.66. The van der Waals surface area contributed by atoms with E-state index in [4.69, 9.17) is 5.73 Å². The molecule has 0 aliphatic carbocycles. The number of nitrogens with zero attached hydrogens (tertiary/aromatic N) is 1. The van der Waals surface area contributed by atoms with Crippen LogP contribution >= 0.6 is 0 Å². The Kier molecular flexibility index (Phi) is 4.92. The van der Waals surface area contributed by atoms with Crippen molar-refractivity contribution in [1.29, 1.82) is 0 Å². The number of primary amides is 1. The quantitative estimate of drug-likeness (QED) is 0.737. The first kappa shape index (κ1) is 14.7. The lowest BCUT2D eigenvalue weighted by molar-refractivity contribution is -0.119. The lowest BCUT2D eigenvalue weighted by Gasteiger charge is -2.31. The van der Waals surface area contributed by atoms with E-state index in [0.29, 0.717) is 24.7 Å². The highest BCUT2D eigenvalue weighted by Gasteiger charge is 2.19. The van der Waals surface area contributed by atoms with Gasteiger partial charge in [-0.3, -0.25) is 9.69 Å². The van der Waals surface area contributed by atoms with Gasteiger partial charge in [-0.25, -0.2) is 4.39 Å². The van der Waals surface area contributed by atoms with Gasteiger partial charge in [0.05, 0.1) is 6.54 Å². The second kappa shape index (κ2) is 6.67. The molecule has 0 saturated carbocycles. The van der Waals surface area contributed by atoms with Crippen LogP contribution in [0.3, 0.4) is 0 Å². The number of phenolic OH excluding ortho intramolecular Hbond substituents is 1. The molecule has 0 atom stereocenters. The maximum absolute atomic E-state index is 13.1. The Morgan fingerprint density at radius 2 is 2.15 bits per heavy atom. The predicted octanol–water partition coefficient (Wildman–Crippen LogP) is 0.571. The first-order valence-electron chi connectivity index (χ1n) is 6.76. The maximum Gasteiger partial charge on any atom is 0.231 e. The molecule has 0 radical (unpaired) electrons. The monoisotopic (exact) mass is 281 g/mol. The number of benzene rings is 1. The zero-order chi connectivity index (χ0) is 14.5. The summed E-state index contributed by atoms with van der Waals surface area (Å²) in [5.74, 6) is -0.554. The Bertz CT molecular complexity index is 473. The highest BCUT2D eigenvalue weighted by Crippen LogP contribution is 2.18. The molecule has 1 aliphatic rings. The SMILES string of the molecule is NC(=O)CN1CCC(NCc2cc(F)ccc2O)CC1. The number of hydrogen-bond donors (Lipinski definition) is 3. The summed E-state index contributed by atoms with van der Waals surface area (Å²) in [6.07, 6.45) is 1.81. The highest BCUT2D eigenvalue weighted by molar-refractivity contribution is 5.75. The average molecular weight is 281 g/mol. The Labute approximate surface area is 117 Å². The van der Waals surface area contributed by atoms with Crippen LogP contribution in [0, 0.1) is 5.82 Å². The number of aromatic hydroxyl groups is 1. The summed E-state index contributed by atoms with van der Waals surface area (Å²) in [6, 6.07) is 4.25. The van der Waals surface area contributed by atoms with Gasteiger partial charge < -0.3 is 16.2 Å². The molecule has 0 spiro atoms. The maximum atomic E-state index is 13.1. The van der Waals surface area contributed by atoms with Crippen LogP contribution in [-0.2, 0) is 11.3 Å². The van der Waals surface area contributed by atoms with Crippen molar-refractivity contribution in [2.24, 2.45) is 5.73 Å². The fraction of sp³-hybridized carbons (Fsp3) is 0.500. The molecule has 20 heavy (non-hydrogen) atoms. The largest absolute Gasteiger partial charge is 0.508 e. The lowest BCUT2D eigenvalue weighted by Crippen LogP contribution is -2.45. The van der Waals surface area contributed by atoms with Crippen molar-refractivity contribution in [2.45, 2.75) is 25.4 Å². The Morgan fingerprint density at radius 1 is 1.45 bits per heavy atom. The zero-order valence-corrected chi connectivity index (χ0v) is 11.3. The topological polar surface area (TPSA) is 78.6 Å². The van der Waals surface area contributed by atoms with Gasteiger partial charge >= 0.3 is 0 Å². The van der Waals surface area contributed by atoms with Gasteiger partial charge in [-0.05, 0) is 31.0 Å². The molecule has 1 saturated heterocycles. The van der Waals surface area contributed by atoms with Crippen LogP contribution < -0.4 is 11.1 Å². The predicted molar refractivity (Wildman–Crippen MR) is 73.6 cm³/mol. The summed E-state index contributed by atoms with van der Waals surface area (Å²) in [7, 11) is 0. The highest BCUT2D eigenvalue weighted by atomic mass is 19.1. The van der Waals surface area contributed by atoms with Gasteiger partial charge in [-0.15, -0.1) is 0 Å². The molecule has 1 aromatic rings. The van der Waals surface area contributed by atoms with E-state index in [9.17, 15) is 14.3 Å². The van der Waals surface area contributed by atoms with Crippen LogP contribution in [0.2, 0.25) is 0 Å². The second-order valence-corrected chi connectivity index (χ2v) is 5.17. The van der Waals surface area contributed by atoms with Crippen LogP contribution in [0.25, 0.3) is 0 Å². The lowest BCUT2D eigenvalue weighted by atomic mass is 10.0. The number of halogens is 1. The number of piperidine rings is 1. The third-order valence-corrected chi connectivity index (χ3v) is 3.59. The molecule has 4 N–H and O–H groups in total. The van der Waals surface area contributed by atoms with Gasteiger partial charge in [0.2, 0.25) is 5.91 Å². The number of likely N-dealkylation sites (tertiary alicyclic amines) is 1. The standard InChI is InChI=1S/C14H20FN3O2/c15-11-1-2-13(19)10(7-11)8-17-12-3-5-18(6-4-12)9-14(16)20/h1-2,7,12,17,19H,3-6,8-9H2,(H2,16,20). The molecule has 1 amide bonds. The van der Waals surface area contributed by atoms with Crippen molar-refractivity contribution >= 4 is 5.91 Å². The van der Waals surface area contributed by atoms with Gasteiger partial charge in [0.15, 0.2) is 0 Å². The van der Waals surface area contributed by atoms with Crippen molar-refractivity contribution < 1.29 is 14.3 Å². The molecular formula is C14H20FN3O2. The van der Waals surface area contributed by atoms with Crippen LogP contribution in [0.4, 0.5) is 4.39 Å². The van der Waals surface area contributed by atoms with E-state index in [1.807, 2.05) is 4.90 Å². The minimum atomic E-state index is -0.351. The molecule has 110 valence electrons. The molecule has 1 aliphatic heterocycles. The summed E-state index contributed by atoms with van der Waals surface area (Å²) in [6.45, 7) is 2.37. The van der Waals surface area contributed by atoms with Crippen molar-refractivity contribution in [3.05, 3.63) is 29.6 Å². The smallest absolute Gasteiger partial charge is 0.231 e. The molecule has 0 aromatic heterocycles. The number of nitrogens with one attached hydrogen (secondary N) is 1. The van der Waals surface area contributed by atoms with E-state index >= 15 is 0 Å². The van der Waals surface area contributed by atoms with Gasteiger partial charge in [0.1, 0.15) is 11.6 Å². The van der Waals surface area contributed by atoms with E-state index in [1.165, 1.54) is 18.2 Å². The van der Waals surface area contributed by atoms with E-state index in [0.717, 1.165) is 25.9 Å². The molecule has 0 bridgehead atoms. The Balaban J connectivity index is 1.78. The summed E-state index contributed by atoms with van der Waals surface area (Å²) < 4.78 is 13.1. The number of hydrogen-bond acceptors (Lipinski definition) is 4.